The minimum atomic E-state index is -0.911. The normalized spacial score (nSPS) is 14.4. The minimum Gasteiger partial charge on any atom is -0.481 e. The van der Waals surface area contributed by atoms with Gasteiger partial charge in [0.05, 0.1) is 12.0 Å². The highest BCUT2D eigenvalue weighted by molar-refractivity contribution is 5.68. The lowest BCUT2D eigenvalue weighted by molar-refractivity contribution is -0.143. The molecule has 1 rings (SSSR count). The predicted molar refractivity (Wildman–Crippen MR) is 57.8 cm³/mol. The molecule has 0 aliphatic carbocycles. The number of carbonyl (C=O) groups is 1. The molecule has 0 bridgehead atoms. The Morgan fingerprint density at radius 2 is 2.00 bits per heavy atom. The van der Waals surface area contributed by atoms with Crippen molar-refractivity contribution in [2.24, 2.45) is 0 Å². The van der Waals surface area contributed by atoms with Gasteiger partial charge in [-0.3, -0.25) is 4.79 Å². The van der Waals surface area contributed by atoms with Crippen LogP contribution in [-0.2, 0) is 16.0 Å². The first kappa shape index (κ1) is 12.6. The first-order valence-electron chi connectivity index (χ1n) is 4.96. The second kappa shape index (κ2) is 5.07. The summed E-state index contributed by atoms with van der Waals surface area (Å²) in [5.74, 6) is -1.22. The molecule has 0 radical (unpaired) electrons. The maximum atomic E-state index is 12.7. The van der Waals surface area contributed by atoms with Crippen LogP contribution in [-0.4, -0.2) is 23.8 Å². The number of ether oxygens (including phenoxy) is 1. The van der Waals surface area contributed by atoms with E-state index in [1.54, 1.807) is 19.1 Å². The Kier molecular flexibility index (Phi) is 4.01. The molecule has 1 N–H and O–H groups in total. The van der Waals surface area contributed by atoms with Crippen molar-refractivity contribution in [1.29, 1.82) is 0 Å². The van der Waals surface area contributed by atoms with Gasteiger partial charge in [0, 0.05) is 13.5 Å². The summed E-state index contributed by atoms with van der Waals surface area (Å²) >= 11 is 0. The van der Waals surface area contributed by atoms with Crippen molar-refractivity contribution in [2.75, 3.05) is 7.11 Å². The second-order valence-corrected chi connectivity index (χ2v) is 4.03. The van der Waals surface area contributed by atoms with E-state index in [9.17, 15) is 9.18 Å². The number of carboxylic acid groups (broad SMARTS) is 1. The fourth-order valence-electron chi connectivity index (χ4n) is 1.56. The second-order valence-electron chi connectivity index (χ2n) is 4.03. The van der Waals surface area contributed by atoms with Crippen LogP contribution in [0.25, 0.3) is 0 Å². The van der Waals surface area contributed by atoms with Gasteiger partial charge in [-0.05, 0) is 24.6 Å². The molecule has 0 saturated heterocycles. The molecular weight excluding hydrogens is 211 g/mol. The van der Waals surface area contributed by atoms with Crippen LogP contribution in [0.2, 0.25) is 0 Å². The molecule has 0 spiro atoms. The third-order valence-corrected chi connectivity index (χ3v) is 2.51. The highest BCUT2D eigenvalue weighted by atomic mass is 19.1. The molecule has 3 nitrogen and oxygen atoms in total. The molecule has 0 aliphatic rings. The quantitative estimate of drug-likeness (QED) is 0.837. The number of aliphatic carboxylic acids is 1. The van der Waals surface area contributed by atoms with Crippen molar-refractivity contribution in [1.82, 2.24) is 0 Å². The van der Waals surface area contributed by atoms with Crippen LogP contribution >= 0.6 is 0 Å². The molecule has 0 aliphatic heterocycles. The third-order valence-electron chi connectivity index (χ3n) is 2.51. The Hall–Kier alpha value is -1.42. The highest BCUT2D eigenvalue weighted by Gasteiger charge is 2.27. The molecule has 4 heteroatoms. The lowest BCUT2D eigenvalue weighted by atomic mass is 9.93. The molecular formula is C12H15FO3. The van der Waals surface area contributed by atoms with Crippen LogP contribution in [0.15, 0.2) is 24.3 Å². The van der Waals surface area contributed by atoms with E-state index in [0.29, 0.717) is 6.42 Å². The number of hydrogen-bond donors (Lipinski definition) is 1. The van der Waals surface area contributed by atoms with E-state index in [-0.39, 0.29) is 12.2 Å². The van der Waals surface area contributed by atoms with Crippen molar-refractivity contribution in [3.8, 4) is 0 Å². The molecule has 0 heterocycles. The SMILES string of the molecule is COC(C)(CC(=O)O)Cc1ccc(F)cc1. The number of hydrogen-bond acceptors (Lipinski definition) is 2. The average molecular weight is 226 g/mol. The summed E-state index contributed by atoms with van der Waals surface area (Å²) in [6, 6.07) is 5.97. The van der Waals surface area contributed by atoms with E-state index < -0.39 is 11.6 Å². The van der Waals surface area contributed by atoms with Crippen molar-refractivity contribution in [3.05, 3.63) is 35.6 Å². The van der Waals surface area contributed by atoms with Gasteiger partial charge in [-0.15, -0.1) is 0 Å². The van der Waals surface area contributed by atoms with Crippen molar-refractivity contribution in [2.45, 2.75) is 25.4 Å². The average Bonchev–Trinajstić information content (AvgIpc) is 2.20. The molecule has 1 atom stereocenters. The lowest BCUT2D eigenvalue weighted by Gasteiger charge is -2.26. The van der Waals surface area contributed by atoms with Gasteiger partial charge in [-0.25, -0.2) is 4.39 Å². The maximum Gasteiger partial charge on any atom is 0.306 e. The van der Waals surface area contributed by atoms with Gasteiger partial charge in [-0.1, -0.05) is 12.1 Å². The van der Waals surface area contributed by atoms with Gasteiger partial charge in [-0.2, -0.15) is 0 Å². The number of rotatable bonds is 5. The van der Waals surface area contributed by atoms with Crippen LogP contribution in [0.3, 0.4) is 0 Å². The molecule has 0 saturated carbocycles. The molecule has 1 aromatic rings. The third kappa shape index (κ3) is 3.62. The molecule has 0 aromatic heterocycles. The Labute approximate surface area is 93.9 Å². The zero-order valence-corrected chi connectivity index (χ0v) is 9.37. The zero-order chi connectivity index (χ0) is 12.2. The first-order chi connectivity index (χ1) is 7.45. The number of carboxylic acids is 1. The standard InChI is InChI=1S/C12H15FO3/c1-12(16-2,8-11(14)15)7-9-3-5-10(13)6-4-9/h3-6H,7-8H2,1-2H3,(H,14,15). The Morgan fingerprint density at radius 3 is 2.44 bits per heavy atom. The van der Waals surface area contributed by atoms with Crippen molar-refractivity contribution >= 4 is 5.97 Å². The van der Waals surface area contributed by atoms with Crippen LogP contribution < -0.4 is 0 Å². The topological polar surface area (TPSA) is 46.5 Å². The van der Waals surface area contributed by atoms with Gasteiger partial charge in [0.1, 0.15) is 5.82 Å². The minimum absolute atomic E-state index is 0.0825. The predicted octanol–water partition coefficient (Wildman–Crippen LogP) is 2.25. The fourth-order valence-corrected chi connectivity index (χ4v) is 1.56. The summed E-state index contributed by atoms with van der Waals surface area (Å²) in [4.78, 5) is 10.7. The van der Waals surface area contributed by atoms with E-state index in [2.05, 4.69) is 0 Å². The van der Waals surface area contributed by atoms with Crippen molar-refractivity contribution in [3.63, 3.8) is 0 Å². The van der Waals surface area contributed by atoms with Gasteiger partial charge in [0.25, 0.3) is 0 Å². The monoisotopic (exact) mass is 226 g/mol. The van der Waals surface area contributed by atoms with Crippen LogP contribution in [0, 0.1) is 5.82 Å². The van der Waals surface area contributed by atoms with Gasteiger partial charge in [0.2, 0.25) is 0 Å². The van der Waals surface area contributed by atoms with Crippen LogP contribution in [0.1, 0.15) is 18.9 Å². The molecule has 16 heavy (non-hydrogen) atoms. The number of benzene rings is 1. The molecule has 88 valence electrons. The molecule has 0 fully saturated rings. The molecule has 0 amide bonds. The molecule has 1 unspecified atom stereocenters. The summed E-state index contributed by atoms with van der Waals surface area (Å²) in [7, 11) is 1.48. The Morgan fingerprint density at radius 1 is 1.44 bits per heavy atom. The van der Waals surface area contributed by atoms with Crippen LogP contribution in [0.5, 0.6) is 0 Å². The fraction of sp³-hybridized carbons (Fsp3) is 0.417. The van der Waals surface area contributed by atoms with Gasteiger partial charge >= 0.3 is 5.97 Å². The van der Waals surface area contributed by atoms with E-state index in [1.807, 2.05) is 0 Å². The zero-order valence-electron chi connectivity index (χ0n) is 9.37. The Balaban J connectivity index is 2.76. The summed E-state index contributed by atoms with van der Waals surface area (Å²) < 4.78 is 17.9. The summed E-state index contributed by atoms with van der Waals surface area (Å²) in [6.07, 6.45) is 0.358. The smallest absolute Gasteiger partial charge is 0.306 e. The van der Waals surface area contributed by atoms with Crippen LogP contribution in [0.4, 0.5) is 4.39 Å². The van der Waals surface area contributed by atoms with E-state index in [1.165, 1.54) is 19.2 Å². The summed E-state index contributed by atoms with van der Waals surface area (Å²) in [6.45, 7) is 1.73. The van der Waals surface area contributed by atoms with E-state index >= 15 is 0 Å². The first-order valence-corrected chi connectivity index (χ1v) is 4.96. The summed E-state index contributed by atoms with van der Waals surface area (Å²) in [5.41, 5.74) is 0.0934. The lowest BCUT2D eigenvalue weighted by Crippen LogP contribution is -2.33. The van der Waals surface area contributed by atoms with Gasteiger partial charge < -0.3 is 9.84 Å². The highest BCUT2D eigenvalue weighted by Crippen LogP contribution is 2.21. The van der Waals surface area contributed by atoms with Crippen molar-refractivity contribution < 1.29 is 19.0 Å². The van der Waals surface area contributed by atoms with E-state index in [4.69, 9.17) is 9.84 Å². The number of halogens is 1. The number of methoxy groups -OCH3 is 1. The maximum absolute atomic E-state index is 12.7. The summed E-state index contributed by atoms with van der Waals surface area (Å²) in [5, 5.41) is 8.76. The van der Waals surface area contributed by atoms with E-state index in [0.717, 1.165) is 5.56 Å². The van der Waals surface area contributed by atoms with Gasteiger partial charge in [0.15, 0.2) is 0 Å². The largest absolute Gasteiger partial charge is 0.481 e. The molecule has 1 aromatic carbocycles. The Bertz CT molecular complexity index is 361.